The first-order valence-corrected chi connectivity index (χ1v) is 5.67. The van der Waals surface area contributed by atoms with Crippen molar-refractivity contribution in [2.45, 2.75) is 5.92 Å². The standard InChI is InChI=1S/C13H12F2N4/c14-13(15,7-17)8-18-12-10(6-16)5-9-3-1-2-4-11(9)19-12/h1-5H,7-8,17H2,(H,18,19). The number of anilines is 1. The summed E-state index contributed by atoms with van der Waals surface area (Å²) in [6, 6.07) is 10.7. The number of hydrogen-bond acceptors (Lipinski definition) is 4. The van der Waals surface area contributed by atoms with Crippen LogP contribution < -0.4 is 11.1 Å². The Kier molecular flexibility index (Phi) is 3.58. The highest BCUT2D eigenvalue weighted by Gasteiger charge is 2.26. The normalized spacial score (nSPS) is 11.3. The second-order valence-corrected chi connectivity index (χ2v) is 4.10. The minimum Gasteiger partial charge on any atom is -0.363 e. The summed E-state index contributed by atoms with van der Waals surface area (Å²) < 4.78 is 26.2. The molecular weight excluding hydrogens is 250 g/mol. The molecule has 0 aliphatic carbocycles. The number of pyridine rings is 1. The number of nitriles is 1. The molecule has 2 rings (SSSR count). The van der Waals surface area contributed by atoms with Gasteiger partial charge in [0, 0.05) is 5.39 Å². The molecule has 0 radical (unpaired) electrons. The number of nitrogens with two attached hydrogens (primary N) is 1. The van der Waals surface area contributed by atoms with Gasteiger partial charge in [0.1, 0.15) is 11.9 Å². The Morgan fingerprint density at radius 2 is 2.11 bits per heavy atom. The van der Waals surface area contributed by atoms with Crippen LogP contribution in [0.3, 0.4) is 0 Å². The maximum Gasteiger partial charge on any atom is 0.276 e. The molecule has 1 heterocycles. The smallest absolute Gasteiger partial charge is 0.276 e. The molecule has 0 aliphatic heterocycles. The van der Waals surface area contributed by atoms with E-state index in [1.807, 2.05) is 12.1 Å². The fourth-order valence-electron chi connectivity index (χ4n) is 1.62. The number of nitrogens with zero attached hydrogens (tertiary/aromatic N) is 2. The number of alkyl halides is 2. The Morgan fingerprint density at radius 3 is 2.79 bits per heavy atom. The highest BCUT2D eigenvalue weighted by Crippen LogP contribution is 2.21. The maximum absolute atomic E-state index is 13.1. The van der Waals surface area contributed by atoms with Crippen LogP contribution in [0.2, 0.25) is 0 Å². The first-order valence-electron chi connectivity index (χ1n) is 5.67. The topological polar surface area (TPSA) is 74.7 Å². The van der Waals surface area contributed by atoms with E-state index in [4.69, 9.17) is 11.0 Å². The molecule has 1 aromatic carbocycles. The van der Waals surface area contributed by atoms with Crippen LogP contribution in [0.5, 0.6) is 0 Å². The number of halogens is 2. The van der Waals surface area contributed by atoms with Crippen molar-refractivity contribution >= 4 is 16.7 Å². The van der Waals surface area contributed by atoms with Crippen molar-refractivity contribution in [1.29, 1.82) is 5.26 Å². The van der Waals surface area contributed by atoms with Crippen molar-refractivity contribution in [3.8, 4) is 6.07 Å². The predicted octanol–water partition coefficient (Wildman–Crippen LogP) is 2.11. The van der Waals surface area contributed by atoms with Gasteiger partial charge >= 0.3 is 0 Å². The van der Waals surface area contributed by atoms with Gasteiger partial charge < -0.3 is 11.1 Å². The lowest BCUT2D eigenvalue weighted by Gasteiger charge is -2.15. The van der Waals surface area contributed by atoms with Gasteiger partial charge in [-0.2, -0.15) is 5.26 Å². The Balaban J connectivity index is 2.34. The third-order valence-corrected chi connectivity index (χ3v) is 2.66. The summed E-state index contributed by atoms with van der Waals surface area (Å²) in [5, 5.41) is 12.3. The van der Waals surface area contributed by atoms with E-state index < -0.39 is 19.0 Å². The molecule has 4 nitrogen and oxygen atoms in total. The third kappa shape index (κ3) is 2.95. The first-order chi connectivity index (χ1) is 9.05. The molecule has 2 aromatic rings. The zero-order valence-corrected chi connectivity index (χ0v) is 10.0. The number of benzene rings is 1. The van der Waals surface area contributed by atoms with Gasteiger partial charge in [0.05, 0.1) is 24.2 Å². The zero-order valence-electron chi connectivity index (χ0n) is 10.0. The molecule has 0 saturated heterocycles. The van der Waals surface area contributed by atoms with Crippen LogP contribution in [-0.4, -0.2) is 24.0 Å². The molecule has 0 atom stereocenters. The van der Waals surface area contributed by atoms with Crippen molar-refractivity contribution in [2.24, 2.45) is 5.73 Å². The maximum atomic E-state index is 13.1. The monoisotopic (exact) mass is 262 g/mol. The van der Waals surface area contributed by atoms with E-state index >= 15 is 0 Å². The van der Waals surface area contributed by atoms with Crippen molar-refractivity contribution < 1.29 is 8.78 Å². The van der Waals surface area contributed by atoms with E-state index in [1.165, 1.54) is 0 Å². The molecule has 0 aliphatic rings. The summed E-state index contributed by atoms with van der Waals surface area (Å²) >= 11 is 0. The van der Waals surface area contributed by atoms with Crippen LogP contribution in [0.25, 0.3) is 10.9 Å². The summed E-state index contributed by atoms with van der Waals surface area (Å²) in [7, 11) is 0. The summed E-state index contributed by atoms with van der Waals surface area (Å²) in [6.45, 7) is -1.40. The molecule has 0 fully saturated rings. The van der Waals surface area contributed by atoms with Crippen LogP contribution >= 0.6 is 0 Å². The molecule has 0 amide bonds. The van der Waals surface area contributed by atoms with E-state index in [-0.39, 0.29) is 11.4 Å². The molecule has 19 heavy (non-hydrogen) atoms. The number of aromatic nitrogens is 1. The average Bonchev–Trinajstić information content (AvgIpc) is 2.44. The summed E-state index contributed by atoms with van der Waals surface area (Å²) in [5.74, 6) is -2.88. The highest BCUT2D eigenvalue weighted by atomic mass is 19.3. The van der Waals surface area contributed by atoms with Gasteiger partial charge in [-0.25, -0.2) is 13.8 Å². The average molecular weight is 262 g/mol. The lowest BCUT2D eigenvalue weighted by atomic mass is 10.1. The van der Waals surface area contributed by atoms with Crippen molar-refractivity contribution in [3.63, 3.8) is 0 Å². The van der Waals surface area contributed by atoms with Crippen LogP contribution in [0.15, 0.2) is 30.3 Å². The van der Waals surface area contributed by atoms with Crippen LogP contribution in [0.1, 0.15) is 5.56 Å². The molecule has 0 bridgehead atoms. The highest BCUT2D eigenvalue weighted by molar-refractivity contribution is 5.82. The van der Waals surface area contributed by atoms with E-state index in [2.05, 4.69) is 10.3 Å². The van der Waals surface area contributed by atoms with Gasteiger partial charge in [-0.1, -0.05) is 18.2 Å². The second kappa shape index (κ2) is 5.16. The Morgan fingerprint density at radius 1 is 1.37 bits per heavy atom. The van der Waals surface area contributed by atoms with E-state index in [1.54, 1.807) is 24.3 Å². The van der Waals surface area contributed by atoms with Gasteiger partial charge in [-0.3, -0.25) is 0 Å². The second-order valence-electron chi connectivity index (χ2n) is 4.10. The molecule has 98 valence electrons. The van der Waals surface area contributed by atoms with Crippen LogP contribution in [0, 0.1) is 11.3 Å². The van der Waals surface area contributed by atoms with Crippen LogP contribution in [-0.2, 0) is 0 Å². The summed E-state index contributed by atoms with van der Waals surface area (Å²) in [6.07, 6.45) is 0. The van der Waals surface area contributed by atoms with E-state index in [9.17, 15) is 8.78 Å². The van der Waals surface area contributed by atoms with Crippen molar-refractivity contribution in [2.75, 3.05) is 18.4 Å². The molecule has 0 saturated carbocycles. The number of rotatable bonds is 4. The number of nitrogens with one attached hydrogen (secondary N) is 1. The first kappa shape index (κ1) is 13.2. The lowest BCUT2D eigenvalue weighted by molar-refractivity contribution is 0.0253. The SMILES string of the molecule is N#Cc1cc2ccccc2nc1NCC(F)(F)CN. The van der Waals surface area contributed by atoms with Gasteiger partial charge in [-0.05, 0) is 12.1 Å². The third-order valence-electron chi connectivity index (χ3n) is 2.66. The summed E-state index contributed by atoms with van der Waals surface area (Å²) in [5.41, 5.74) is 5.82. The van der Waals surface area contributed by atoms with Gasteiger partial charge in [-0.15, -0.1) is 0 Å². The van der Waals surface area contributed by atoms with Gasteiger partial charge in [0.15, 0.2) is 0 Å². The predicted molar refractivity (Wildman–Crippen MR) is 68.9 cm³/mol. The Bertz CT molecular complexity index is 634. The van der Waals surface area contributed by atoms with E-state index in [0.717, 1.165) is 5.39 Å². The molecule has 3 N–H and O–H groups in total. The number of fused-ring (bicyclic) bond motifs is 1. The molecular formula is C13H12F2N4. The Labute approximate surface area is 108 Å². The number of hydrogen-bond donors (Lipinski definition) is 2. The van der Waals surface area contributed by atoms with E-state index in [0.29, 0.717) is 5.52 Å². The fourth-order valence-corrected chi connectivity index (χ4v) is 1.62. The quantitative estimate of drug-likeness (QED) is 0.885. The van der Waals surface area contributed by atoms with Crippen molar-refractivity contribution in [1.82, 2.24) is 4.98 Å². The van der Waals surface area contributed by atoms with Gasteiger partial charge in [0.25, 0.3) is 5.92 Å². The minimum absolute atomic E-state index is 0.148. The van der Waals surface area contributed by atoms with Crippen LogP contribution in [0.4, 0.5) is 14.6 Å². The fraction of sp³-hybridized carbons (Fsp3) is 0.231. The van der Waals surface area contributed by atoms with Crippen molar-refractivity contribution in [3.05, 3.63) is 35.9 Å². The largest absolute Gasteiger partial charge is 0.363 e. The lowest BCUT2D eigenvalue weighted by Crippen LogP contribution is -2.35. The molecule has 6 heteroatoms. The zero-order chi connectivity index (χ0) is 13.9. The Hall–Kier alpha value is -2.26. The minimum atomic E-state index is -3.03. The molecule has 0 unspecified atom stereocenters. The molecule has 1 aromatic heterocycles. The van der Waals surface area contributed by atoms with Gasteiger partial charge in [0.2, 0.25) is 0 Å². The molecule has 0 spiro atoms. The summed E-state index contributed by atoms with van der Waals surface area (Å²) in [4.78, 5) is 4.18. The number of para-hydroxylation sites is 1.